The fourth-order valence-electron chi connectivity index (χ4n) is 4.65. The van der Waals surface area contributed by atoms with E-state index in [0.717, 1.165) is 0 Å². The summed E-state index contributed by atoms with van der Waals surface area (Å²) in [5, 5.41) is 31.4. The SMILES string of the molecule is CC(=O)O[C@@H]1CC2(O)[C@H](OC(=O)c3ccccc3)C[C@@]2(C)C(C(O)CO)=C1C. The van der Waals surface area contributed by atoms with Crippen LogP contribution < -0.4 is 0 Å². The molecule has 0 bridgehead atoms. The maximum atomic E-state index is 12.4. The third-order valence-electron chi connectivity index (χ3n) is 6.15. The first-order valence-electron chi connectivity index (χ1n) is 9.29. The van der Waals surface area contributed by atoms with E-state index in [9.17, 15) is 24.9 Å². The summed E-state index contributed by atoms with van der Waals surface area (Å²) in [6, 6.07) is 8.46. The molecule has 0 heterocycles. The molecule has 1 saturated carbocycles. The van der Waals surface area contributed by atoms with Crippen molar-refractivity contribution in [1.29, 1.82) is 0 Å². The minimum absolute atomic E-state index is 0.0449. The lowest BCUT2D eigenvalue weighted by atomic mass is 9.46. The first-order valence-corrected chi connectivity index (χ1v) is 9.29. The van der Waals surface area contributed by atoms with Crippen LogP contribution in [0.5, 0.6) is 0 Å². The Bertz CT molecular complexity index is 802. The van der Waals surface area contributed by atoms with E-state index in [1.807, 2.05) is 0 Å². The summed E-state index contributed by atoms with van der Waals surface area (Å²) in [5.41, 5.74) is -1.02. The highest BCUT2D eigenvalue weighted by Gasteiger charge is 2.69. The molecule has 0 aromatic heterocycles. The molecular formula is C21H26O7. The van der Waals surface area contributed by atoms with Gasteiger partial charge >= 0.3 is 11.9 Å². The Morgan fingerprint density at radius 2 is 1.86 bits per heavy atom. The van der Waals surface area contributed by atoms with E-state index in [2.05, 4.69) is 0 Å². The highest BCUT2D eigenvalue weighted by Crippen LogP contribution is 2.62. The average Bonchev–Trinajstić information content (AvgIpc) is 2.66. The lowest BCUT2D eigenvalue weighted by Crippen LogP contribution is -2.72. The fraction of sp³-hybridized carbons (Fsp3) is 0.524. The van der Waals surface area contributed by atoms with Crippen molar-refractivity contribution in [2.45, 2.75) is 57.5 Å². The number of fused-ring (bicyclic) bond motifs is 1. The van der Waals surface area contributed by atoms with E-state index >= 15 is 0 Å². The van der Waals surface area contributed by atoms with Gasteiger partial charge in [-0.05, 0) is 36.6 Å². The molecule has 1 fully saturated rings. The second kappa shape index (κ2) is 7.31. The van der Waals surface area contributed by atoms with E-state index < -0.39 is 47.9 Å². The van der Waals surface area contributed by atoms with E-state index in [1.165, 1.54) is 6.92 Å². The van der Waals surface area contributed by atoms with Crippen LogP contribution in [-0.2, 0) is 14.3 Å². The van der Waals surface area contributed by atoms with Crippen LogP contribution in [-0.4, -0.2) is 57.8 Å². The van der Waals surface area contributed by atoms with Gasteiger partial charge in [-0.15, -0.1) is 0 Å². The highest BCUT2D eigenvalue weighted by molar-refractivity contribution is 5.89. The van der Waals surface area contributed by atoms with Gasteiger partial charge in [-0.2, -0.15) is 0 Å². The number of carbonyl (C=O) groups excluding carboxylic acids is 2. The number of carbonyl (C=O) groups is 2. The Labute approximate surface area is 163 Å². The second-order valence-corrected chi connectivity index (χ2v) is 7.82. The van der Waals surface area contributed by atoms with Gasteiger partial charge in [0.05, 0.1) is 18.3 Å². The lowest BCUT2D eigenvalue weighted by molar-refractivity contribution is -0.248. The van der Waals surface area contributed by atoms with Crippen LogP contribution >= 0.6 is 0 Å². The van der Waals surface area contributed by atoms with Gasteiger partial charge in [0.15, 0.2) is 0 Å². The zero-order chi connectivity index (χ0) is 20.7. The number of hydrogen-bond donors (Lipinski definition) is 3. The molecule has 2 unspecified atom stereocenters. The molecule has 1 aromatic carbocycles. The summed E-state index contributed by atoms with van der Waals surface area (Å²) in [5.74, 6) is -1.08. The van der Waals surface area contributed by atoms with Crippen molar-refractivity contribution in [2.75, 3.05) is 6.61 Å². The van der Waals surface area contributed by atoms with Gasteiger partial charge in [0.2, 0.25) is 0 Å². The second-order valence-electron chi connectivity index (χ2n) is 7.82. The van der Waals surface area contributed by atoms with Gasteiger partial charge in [0, 0.05) is 18.8 Å². The summed E-state index contributed by atoms with van der Waals surface area (Å²) in [4.78, 5) is 24.0. The van der Waals surface area contributed by atoms with Crippen LogP contribution in [0.1, 0.15) is 44.0 Å². The van der Waals surface area contributed by atoms with E-state index in [1.54, 1.807) is 44.2 Å². The largest absolute Gasteiger partial charge is 0.458 e. The Kier molecular flexibility index (Phi) is 5.36. The fourth-order valence-corrected chi connectivity index (χ4v) is 4.65. The molecule has 2 aliphatic carbocycles. The van der Waals surface area contributed by atoms with Crippen LogP contribution in [0.3, 0.4) is 0 Å². The molecule has 152 valence electrons. The van der Waals surface area contributed by atoms with Crippen LogP contribution in [0.15, 0.2) is 41.5 Å². The molecule has 0 radical (unpaired) electrons. The maximum Gasteiger partial charge on any atom is 0.338 e. The number of aliphatic hydroxyl groups is 3. The van der Waals surface area contributed by atoms with Gasteiger partial charge in [0.1, 0.15) is 17.8 Å². The summed E-state index contributed by atoms with van der Waals surface area (Å²) in [6.07, 6.45) is -2.47. The average molecular weight is 390 g/mol. The number of hydrogen-bond acceptors (Lipinski definition) is 7. The zero-order valence-electron chi connectivity index (χ0n) is 16.2. The van der Waals surface area contributed by atoms with Gasteiger partial charge in [0.25, 0.3) is 0 Å². The Morgan fingerprint density at radius 1 is 1.21 bits per heavy atom. The molecule has 1 aromatic rings. The Morgan fingerprint density at radius 3 is 2.43 bits per heavy atom. The number of rotatable bonds is 5. The molecule has 5 atom stereocenters. The Balaban J connectivity index is 1.92. The van der Waals surface area contributed by atoms with Crippen LogP contribution in [0.2, 0.25) is 0 Å². The number of ether oxygens (including phenoxy) is 2. The molecular weight excluding hydrogens is 364 g/mol. The summed E-state index contributed by atoms with van der Waals surface area (Å²) < 4.78 is 10.9. The van der Waals surface area contributed by atoms with Crippen molar-refractivity contribution in [1.82, 2.24) is 0 Å². The zero-order valence-corrected chi connectivity index (χ0v) is 16.2. The van der Waals surface area contributed by atoms with Gasteiger partial charge in [-0.1, -0.05) is 25.1 Å². The standard InChI is InChI=1S/C21H26O7/c1-12-16(27-13(2)23)9-21(26)17(10-20(21,3)18(12)15(24)11-22)28-19(25)14-7-5-4-6-8-14/h4-8,15-17,22,24,26H,9-11H2,1-3H3/t15?,16-,17-,20+,21?/m1/s1. The van der Waals surface area contributed by atoms with Crippen molar-refractivity contribution in [3.63, 3.8) is 0 Å². The van der Waals surface area contributed by atoms with Crippen molar-refractivity contribution < 1.29 is 34.4 Å². The number of benzene rings is 1. The van der Waals surface area contributed by atoms with Crippen LogP contribution in [0.25, 0.3) is 0 Å². The van der Waals surface area contributed by atoms with Crippen LogP contribution in [0.4, 0.5) is 0 Å². The van der Waals surface area contributed by atoms with Crippen molar-refractivity contribution >= 4 is 11.9 Å². The lowest BCUT2D eigenvalue weighted by Gasteiger charge is -2.63. The summed E-state index contributed by atoms with van der Waals surface area (Å²) in [7, 11) is 0. The number of esters is 2. The minimum atomic E-state index is -1.53. The van der Waals surface area contributed by atoms with Crippen molar-refractivity contribution in [3.05, 3.63) is 47.0 Å². The summed E-state index contributed by atoms with van der Waals surface area (Å²) in [6.45, 7) is 4.22. The molecule has 0 amide bonds. The smallest absolute Gasteiger partial charge is 0.338 e. The predicted molar refractivity (Wildman–Crippen MR) is 99.3 cm³/mol. The number of aliphatic hydroxyl groups excluding tert-OH is 2. The third kappa shape index (κ3) is 3.13. The molecule has 2 aliphatic rings. The van der Waals surface area contributed by atoms with Gasteiger partial charge in [-0.3, -0.25) is 4.79 Å². The topological polar surface area (TPSA) is 113 Å². The molecule has 3 rings (SSSR count). The third-order valence-corrected chi connectivity index (χ3v) is 6.15. The van der Waals surface area contributed by atoms with Crippen LogP contribution in [0, 0.1) is 5.41 Å². The van der Waals surface area contributed by atoms with E-state index in [0.29, 0.717) is 23.1 Å². The Hall–Kier alpha value is -2.22. The molecule has 7 nitrogen and oxygen atoms in total. The molecule has 28 heavy (non-hydrogen) atoms. The summed E-state index contributed by atoms with van der Waals surface area (Å²) >= 11 is 0. The quantitative estimate of drug-likeness (QED) is 0.514. The molecule has 3 N–H and O–H groups in total. The van der Waals surface area contributed by atoms with Crippen molar-refractivity contribution in [2.24, 2.45) is 5.41 Å². The normalized spacial score (nSPS) is 32.8. The van der Waals surface area contributed by atoms with Crippen molar-refractivity contribution in [3.8, 4) is 0 Å². The molecule has 0 saturated heterocycles. The van der Waals surface area contributed by atoms with E-state index in [-0.39, 0.29) is 6.42 Å². The first-order chi connectivity index (χ1) is 13.1. The monoisotopic (exact) mass is 390 g/mol. The first kappa shape index (κ1) is 20.5. The predicted octanol–water partition coefficient (Wildman–Crippen LogP) is 1.36. The molecule has 0 aliphatic heterocycles. The van der Waals surface area contributed by atoms with Gasteiger partial charge in [-0.25, -0.2) is 4.79 Å². The minimum Gasteiger partial charge on any atom is -0.458 e. The molecule has 7 heteroatoms. The maximum absolute atomic E-state index is 12.4. The van der Waals surface area contributed by atoms with E-state index in [4.69, 9.17) is 9.47 Å². The van der Waals surface area contributed by atoms with Gasteiger partial charge < -0.3 is 24.8 Å². The molecule has 0 spiro atoms. The highest BCUT2D eigenvalue weighted by atomic mass is 16.6.